The van der Waals surface area contributed by atoms with Gasteiger partial charge in [0, 0.05) is 27.7 Å². The van der Waals surface area contributed by atoms with Crippen LogP contribution in [0.3, 0.4) is 0 Å². The summed E-state index contributed by atoms with van der Waals surface area (Å²) < 4.78 is 27.8. The van der Waals surface area contributed by atoms with Crippen LogP contribution in [0.25, 0.3) is 10.9 Å². The smallest absolute Gasteiger partial charge is 0.243 e. The molecule has 0 saturated carbocycles. The molecule has 0 aliphatic heterocycles. The van der Waals surface area contributed by atoms with Gasteiger partial charge in [0.15, 0.2) is 0 Å². The predicted molar refractivity (Wildman–Crippen MR) is 85.8 cm³/mol. The van der Waals surface area contributed by atoms with Crippen molar-refractivity contribution in [2.45, 2.75) is 17.9 Å². The molecule has 21 heavy (non-hydrogen) atoms. The Bertz CT molecular complexity index is 867. The summed E-state index contributed by atoms with van der Waals surface area (Å²) in [5.74, 6) is 0. The van der Waals surface area contributed by atoms with Crippen molar-refractivity contribution in [3.8, 4) is 0 Å². The summed E-state index contributed by atoms with van der Waals surface area (Å²) >= 11 is 1.52. The van der Waals surface area contributed by atoms with Crippen molar-refractivity contribution in [2.24, 2.45) is 0 Å². The number of anilines is 1. The maximum atomic E-state index is 12.5. The predicted octanol–water partition coefficient (Wildman–Crippen LogP) is 2.85. The first-order chi connectivity index (χ1) is 9.97. The van der Waals surface area contributed by atoms with E-state index in [0.717, 1.165) is 4.88 Å². The first-order valence-corrected chi connectivity index (χ1v) is 8.76. The zero-order chi connectivity index (χ0) is 15.0. The van der Waals surface area contributed by atoms with E-state index in [9.17, 15) is 8.42 Å². The average Bonchev–Trinajstić information content (AvgIpc) is 3.07. The van der Waals surface area contributed by atoms with Gasteiger partial charge in [-0.25, -0.2) is 13.1 Å². The molecule has 0 amide bonds. The van der Waals surface area contributed by atoms with Gasteiger partial charge in [-0.1, -0.05) is 6.07 Å². The summed E-state index contributed by atoms with van der Waals surface area (Å²) in [5, 5.41) is 2.56. The molecule has 2 heterocycles. The van der Waals surface area contributed by atoms with Crippen LogP contribution in [0.15, 0.2) is 46.8 Å². The fraction of sp³-hybridized carbons (Fsp3) is 0.143. The molecule has 1 atom stereocenters. The minimum atomic E-state index is -3.60. The zero-order valence-electron chi connectivity index (χ0n) is 11.3. The molecular weight excluding hydrogens is 306 g/mol. The van der Waals surface area contributed by atoms with Gasteiger partial charge in [0.2, 0.25) is 10.0 Å². The van der Waals surface area contributed by atoms with Gasteiger partial charge in [0.25, 0.3) is 0 Å². The first-order valence-electron chi connectivity index (χ1n) is 6.40. The lowest BCUT2D eigenvalue weighted by Gasteiger charge is -2.12. The molecule has 0 aliphatic rings. The third-order valence-electron chi connectivity index (χ3n) is 3.26. The van der Waals surface area contributed by atoms with Crippen LogP contribution in [0.2, 0.25) is 0 Å². The van der Waals surface area contributed by atoms with Crippen LogP contribution in [0.1, 0.15) is 17.8 Å². The number of aromatic nitrogens is 1. The van der Waals surface area contributed by atoms with Crippen LogP contribution in [0.5, 0.6) is 0 Å². The summed E-state index contributed by atoms with van der Waals surface area (Å²) in [7, 11) is -3.60. The number of nitrogen functional groups attached to an aromatic ring is 1. The van der Waals surface area contributed by atoms with Crippen molar-refractivity contribution >= 4 is 38.0 Å². The number of rotatable bonds is 4. The Morgan fingerprint density at radius 3 is 2.86 bits per heavy atom. The molecule has 0 bridgehead atoms. The van der Waals surface area contributed by atoms with Crippen molar-refractivity contribution in [2.75, 3.05) is 5.73 Å². The summed E-state index contributed by atoms with van der Waals surface area (Å²) in [6.45, 7) is 1.83. The number of fused-ring (bicyclic) bond motifs is 1. The van der Waals surface area contributed by atoms with E-state index in [2.05, 4.69) is 9.71 Å². The highest BCUT2D eigenvalue weighted by Gasteiger charge is 2.22. The third kappa shape index (κ3) is 2.67. The number of thiophene rings is 1. The number of hydrogen-bond donors (Lipinski definition) is 3. The quantitative estimate of drug-likeness (QED) is 0.646. The Kier molecular flexibility index (Phi) is 3.48. The van der Waals surface area contributed by atoms with Gasteiger partial charge in [0.05, 0.1) is 6.04 Å². The third-order valence-corrected chi connectivity index (χ3v) is 5.89. The SMILES string of the molecule is CC(NS(=O)(=O)c1c[nH]c2cc(N)ccc12)c1cccs1. The number of benzene rings is 1. The lowest BCUT2D eigenvalue weighted by atomic mass is 10.2. The van der Waals surface area contributed by atoms with Gasteiger partial charge < -0.3 is 10.7 Å². The van der Waals surface area contributed by atoms with Gasteiger partial charge in [-0.3, -0.25) is 0 Å². The number of H-pyrrole nitrogens is 1. The van der Waals surface area contributed by atoms with Crippen LogP contribution in [0.4, 0.5) is 5.69 Å². The Hall–Kier alpha value is -1.83. The normalized spacial score (nSPS) is 13.6. The van der Waals surface area contributed by atoms with Crippen molar-refractivity contribution in [1.29, 1.82) is 0 Å². The monoisotopic (exact) mass is 321 g/mol. The van der Waals surface area contributed by atoms with Crippen LogP contribution in [-0.4, -0.2) is 13.4 Å². The highest BCUT2D eigenvalue weighted by molar-refractivity contribution is 7.89. The highest BCUT2D eigenvalue weighted by Crippen LogP contribution is 2.26. The first kappa shape index (κ1) is 14.1. The van der Waals surface area contributed by atoms with Gasteiger partial charge >= 0.3 is 0 Å². The largest absolute Gasteiger partial charge is 0.399 e. The summed E-state index contributed by atoms with van der Waals surface area (Å²) in [5.41, 5.74) is 7.00. The number of aromatic amines is 1. The molecule has 0 radical (unpaired) electrons. The maximum absolute atomic E-state index is 12.5. The lowest BCUT2D eigenvalue weighted by molar-refractivity contribution is 0.569. The minimum Gasteiger partial charge on any atom is -0.399 e. The Labute approximate surface area is 126 Å². The van der Waals surface area contributed by atoms with E-state index >= 15 is 0 Å². The number of nitrogens with two attached hydrogens (primary N) is 1. The van der Waals surface area contributed by atoms with Gasteiger partial charge in [-0.2, -0.15) is 0 Å². The van der Waals surface area contributed by atoms with Crippen molar-refractivity contribution < 1.29 is 8.42 Å². The molecule has 4 N–H and O–H groups in total. The van der Waals surface area contributed by atoms with Gasteiger partial charge in [-0.15, -0.1) is 11.3 Å². The van der Waals surface area contributed by atoms with Crippen LogP contribution >= 0.6 is 11.3 Å². The Balaban J connectivity index is 1.97. The van der Waals surface area contributed by atoms with Crippen molar-refractivity contribution in [3.05, 3.63) is 46.8 Å². The van der Waals surface area contributed by atoms with E-state index in [-0.39, 0.29) is 10.9 Å². The number of sulfonamides is 1. The molecule has 7 heteroatoms. The van der Waals surface area contributed by atoms with Crippen LogP contribution < -0.4 is 10.5 Å². The number of hydrogen-bond acceptors (Lipinski definition) is 4. The van der Waals surface area contributed by atoms with E-state index in [0.29, 0.717) is 16.6 Å². The summed E-state index contributed by atoms with van der Waals surface area (Å²) in [6, 6.07) is 8.67. The molecule has 0 aliphatic carbocycles. The van der Waals surface area contributed by atoms with E-state index in [1.54, 1.807) is 18.2 Å². The van der Waals surface area contributed by atoms with Crippen molar-refractivity contribution in [3.63, 3.8) is 0 Å². The van der Waals surface area contributed by atoms with E-state index in [1.165, 1.54) is 17.5 Å². The topological polar surface area (TPSA) is 88.0 Å². The molecule has 0 spiro atoms. The molecule has 110 valence electrons. The molecule has 0 fully saturated rings. The highest BCUT2D eigenvalue weighted by atomic mass is 32.2. The second-order valence-electron chi connectivity index (χ2n) is 4.82. The molecule has 0 saturated heterocycles. The van der Waals surface area contributed by atoms with Crippen LogP contribution in [-0.2, 0) is 10.0 Å². The lowest BCUT2D eigenvalue weighted by Crippen LogP contribution is -2.26. The molecule has 1 aromatic carbocycles. The number of nitrogens with one attached hydrogen (secondary N) is 2. The standard InChI is InChI=1S/C14H15N3O2S2/c1-9(13-3-2-6-20-13)17-21(18,19)14-8-16-12-7-10(15)4-5-11(12)14/h2-9,16-17H,15H2,1H3. The fourth-order valence-corrected chi connectivity index (χ4v) is 4.44. The fourth-order valence-electron chi connectivity index (χ4n) is 2.23. The molecule has 3 aromatic rings. The van der Waals surface area contributed by atoms with E-state index in [4.69, 9.17) is 5.73 Å². The molecule has 2 aromatic heterocycles. The second kappa shape index (κ2) is 5.18. The molecule has 5 nitrogen and oxygen atoms in total. The Morgan fingerprint density at radius 2 is 2.14 bits per heavy atom. The van der Waals surface area contributed by atoms with Gasteiger partial charge in [0.1, 0.15) is 4.90 Å². The van der Waals surface area contributed by atoms with Crippen LogP contribution in [0, 0.1) is 0 Å². The van der Waals surface area contributed by atoms with E-state index < -0.39 is 10.0 Å². The maximum Gasteiger partial charge on any atom is 0.243 e. The molecule has 3 rings (SSSR count). The van der Waals surface area contributed by atoms with E-state index in [1.807, 2.05) is 24.4 Å². The average molecular weight is 321 g/mol. The summed E-state index contributed by atoms with van der Waals surface area (Å²) in [4.78, 5) is 4.16. The summed E-state index contributed by atoms with van der Waals surface area (Å²) in [6.07, 6.45) is 1.49. The molecular formula is C14H15N3O2S2. The molecule has 1 unspecified atom stereocenters. The Morgan fingerprint density at radius 1 is 1.33 bits per heavy atom. The zero-order valence-corrected chi connectivity index (χ0v) is 13.0. The van der Waals surface area contributed by atoms with Gasteiger partial charge in [-0.05, 0) is 36.6 Å². The van der Waals surface area contributed by atoms with Crippen molar-refractivity contribution in [1.82, 2.24) is 9.71 Å². The minimum absolute atomic E-state index is 0.237. The second-order valence-corrected chi connectivity index (χ2v) is 7.48.